The van der Waals surface area contributed by atoms with E-state index in [1.165, 1.54) is 44.5 Å². The number of fused-ring (bicyclic) bond motifs is 5. The summed E-state index contributed by atoms with van der Waals surface area (Å²) in [6.07, 6.45) is 3.52. The van der Waals surface area contributed by atoms with E-state index in [9.17, 15) is 4.11 Å². The lowest BCUT2D eigenvalue weighted by Crippen LogP contribution is -2.19. The average molecular weight is 922 g/mol. The predicted octanol–water partition coefficient (Wildman–Crippen LogP) is 19.0. The Hall–Kier alpha value is -6.24. The molecule has 0 heteroatoms. The number of hydrogen-bond donors (Lipinski definition) is 0. The topological polar surface area (TPSA) is 0 Å². The summed E-state index contributed by atoms with van der Waals surface area (Å²) in [5.41, 5.74) is 18.9. The van der Waals surface area contributed by atoms with Crippen LogP contribution in [0.15, 0.2) is 176 Å². The Labute approximate surface area is 432 Å². The van der Waals surface area contributed by atoms with Gasteiger partial charge in [0.2, 0.25) is 0 Å². The largest absolute Gasteiger partial charge is 0.0629 e. The second-order valence-corrected chi connectivity index (χ2v) is 23.8. The molecule has 70 heavy (non-hydrogen) atoms. The van der Waals surface area contributed by atoms with Crippen LogP contribution in [0, 0.1) is 0 Å². The summed E-state index contributed by atoms with van der Waals surface area (Å²) in [7, 11) is 0. The Morgan fingerprint density at radius 3 is 1.79 bits per heavy atom. The molecule has 0 bridgehead atoms. The van der Waals surface area contributed by atoms with Gasteiger partial charge in [-0.25, -0.2) is 0 Å². The van der Waals surface area contributed by atoms with Crippen LogP contribution in [0.1, 0.15) is 203 Å². The van der Waals surface area contributed by atoms with Crippen molar-refractivity contribution >= 4 is 0 Å². The highest BCUT2D eigenvalue weighted by molar-refractivity contribution is 5.83. The Balaban J connectivity index is 1.03. The van der Waals surface area contributed by atoms with Crippen molar-refractivity contribution in [3.8, 4) is 33.4 Å². The summed E-state index contributed by atoms with van der Waals surface area (Å²) >= 11 is 0. The van der Waals surface area contributed by atoms with Crippen molar-refractivity contribution in [1.82, 2.24) is 0 Å². The Morgan fingerprint density at radius 2 is 1.07 bits per heavy atom. The highest BCUT2D eigenvalue weighted by atomic mass is 14.4. The first kappa shape index (κ1) is 36.7. The molecule has 0 aliphatic heterocycles. The van der Waals surface area contributed by atoms with Crippen LogP contribution in [-0.2, 0) is 22.7 Å². The van der Waals surface area contributed by atoms with Crippen molar-refractivity contribution in [1.29, 1.82) is 0 Å². The SMILES string of the molecule is [2H]c1c([2H])c([2H])c(-c2cccc(-c3cc(C(C)(C)C)cc(C(C)(C)C)c3)c2C2CC(C3CCC(C)c4ccc(Cc5ccc6c(c5)C(c5cccc(C(C)(C)C)c5)c5c([2H])c([2H])c([2H])c([2H])c5-6)cc43)c3ccccc32)c([2H])c1[2H]. The molecule has 3 aliphatic rings. The van der Waals surface area contributed by atoms with Crippen LogP contribution >= 0.6 is 0 Å². The van der Waals surface area contributed by atoms with Gasteiger partial charge >= 0.3 is 0 Å². The highest BCUT2D eigenvalue weighted by Gasteiger charge is 2.41. The molecule has 0 N–H and O–H groups in total. The van der Waals surface area contributed by atoms with Gasteiger partial charge in [0.1, 0.15) is 0 Å². The lowest BCUT2D eigenvalue weighted by atomic mass is 9.69. The van der Waals surface area contributed by atoms with Crippen molar-refractivity contribution in [3.05, 3.63) is 248 Å². The molecule has 0 spiro atoms. The molecule has 11 rings (SSSR count). The molecule has 0 saturated carbocycles. The summed E-state index contributed by atoms with van der Waals surface area (Å²) in [6.45, 7) is 22.4. The van der Waals surface area contributed by atoms with E-state index in [4.69, 9.17) is 8.22 Å². The summed E-state index contributed by atoms with van der Waals surface area (Å²) in [5, 5.41) is 0. The van der Waals surface area contributed by atoms with E-state index in [0.717, 1.165) is 58.2 Å². The maximum atomic E-state index is 9.37. The van der Waals surface area contributed by atoms with Crippen LogP contribution in [0.25, 0.3) is 33.4 Å². The Kier molecular flexibility index (Phi) is 9.20. The maximum absolute atomic E-state index is 9.37. The lowest BCUT2D eigenvalue weighted by Gasteiger charge is -2.35. The molecule has 8 aromatic carbocycles. The fourth-order valence-corrected chi connectivity index (χ4v) is 12.3. The Bertz CT molecular complexity index is 3730. The van der Waals surface area contributed by atoms with Gasteiger partial charge in [0.15, 0.2) is 0 Å². The van der Waals surface area contributed by atoms with Gasteiger partial charge in [-0.1, -0.05) is 245 Å². The first-order valence-electron chi connectivity index (χ1n) is 30.2. The van der Waals surface area contributed by atoms with Gasteiger partial charge in [0.25, 0.3) is 0 Å². The normalized spacial score (nSPS) is 21.4. The third-order valence-corrected chi connectivity index (χ3v) is 16.1. The minimum Gasteiger partial charge on any atom is -0.0622 e. The minimum absolute atomic E-state index is 0.00301. The van der Waals surface area contributed by atoms with Crippen LogP contribution in [0.5, 0.6) is 0 Å². The number of rotatable bonds is 7. The predicted molar refractivity (Wildman–Crippen MR) is 298 cm³/mol. The van der Waals surface area contributed by atoms with Gasteiger partial charge in [0, 0.05) is 11.8 Å². The summed E-state index contributed by atoms with van der Waals surface area (Å²) in [6, 6.07) is 42.2. The fourth-order valence-electron chi connectivity index (χ4n) is 12.3. The molecular formula is C70H72. The van der Waals surface area contributed by atoms with Gasteiger partial charge in [-0.2, -0.15) is 0 Å². The molecule has 0 nitrogen and oxygen atoms in total. The molecule has 8 aromatic rings. The van der Waals surface area contributed by atoms with Crippen LogP contribution in [-0.4, -0.2) is 0 Å². The molecule has 5 unspecified atom stereocenters. The van der Waals surface area contributed by atoms with Crippen molar-refractivity contribution in [2.45, 2.75) is 141 Å². The molecule has 3 aliphatic carbocycles. The molecular weight excluding hydrogens is 841 g/mol. The van der Waals surface area contributed by atoms with E-state index in [-0.39, 0.29) is 93.8 Å². The smallest absolute Gasteiger partial charge is 0.0622 e. The van der Waals surface area contributed by atoms with E-state index < -0.39 is 6.04 Å². The first-order valence-corrected chi connectivity index (χ1v) is 25.7. The van der Waals surface area contributed by atoms with Crippen LogP contribution in [0.2, 0.25) is 0 Å². The Morgan fingerprint density at radius 1 is 0.443 bits per heavy atom. The molecule has 0 heterocycles. The van der Waals surface area contributed by atoms with E-state index in [0.29, 0.717) is 29.0 Å². The third kappa shape index (κ3) is 8.40. The van der Waals surface area contributed by atoms with E-state index in [1.807, 2.05) is 12.1 Å². The summed E-state index contributed by atoms with van der Waals surface area (Å²) in [4.78, 5) is 0. The lowest BCUT2D eigenvalue weighted by molar-refractivity contribution is 0.429. The average Bonchev–Trinajstić information content (AvgIpc) is 3.81. The highest BCUT2D eigenvalue weighted by Crippen LogP contribution is 2.58. The van der Waals surface area contributed by atoms with Gasteiger partial charge in [-0.05, 0) is 165 Å². The molecule has 0 amide bonds. The summed E-state index contributed by atoms with van der Waals surface area (Å²) < 4.78 is 80.9. The summed E-state index contributed by atoms with van der Waals surface area (Å²) in [5.74, 6) is 0.211. The number of hydrogen-bond acceptors (Lipinski definition) is 0. The van der Waals surface area contributed by atoms with Crippen molar-refractivity contribution < 1.29 is 12.3 Å². The van der Waals surface area contributed by atoms with Crippen LogP contribution in [0.3, 0.4) is 0 Å². The van der Waals surface area contributed by atoms with Crippen molar-refractivity contribution in [2.75, 3.05) is 0 Å². The third-order valence-electron chi connectivity index (χ3n) is 16.1. The quantitative estimate of drug-likeness (QED) is 0.149. The fraction of sp³-hybridized carbons (Fsp3) is 0.314. The molecule has 352 valence electrons. The monoisotopic (exact) mass is 922 g/mol. The van der Waals surface area contributed by atoms with E-state index in [1.54, 1.807) is 0 Å². The zero-order chi connectivity index (χ0) is 56.5. The van der Waals surface area contributed by atoms with Gasteiger partial charge in [-0.3, -0.25) is 0 Å². The number of benzene rings is 8. The van der Waals surface area contributed by atoms with E-state index in [2.05, 4.69) is 178 Å². The molecule has 5 atom stereocenters. The molecule has 0 saturated heterocycles. The second-order valence-electron chi connectivity index (χ2n) is 23.8. The van der Waals surface area contributed by atoms with Crippen molar-refractivity contribution in [2.24, 2.45) is 0 Å². The second kappa shape index (κ2) is 17.6. The van der Waals surface area contributed by atoms with Gasteiger partial charge in [-0.15, -0.1) is 0 Å². The van der Waals surface area contributed by atoms with Crippen molar-refractivity contribution in [3.63, 3.8) is 0 Å². The molecule has 0 radical (unpaired) electrons. The standard InChI is InChI=1S/C70H72/c1-44-30-33-60(62-37-45(31-34-53(44)62)36-46-32-35-59-56-24-16-17-27-61(56)66(64(59)38-46)48-22-18-23-50(39-48)68(2,3)4)63-43-65(58-26-15-14-25-57(58)63)67-54(47-20-12-11-13-21-47)28-19-29-55(67)49-40-51(69(5,6)7)42-52(41-49)70(8,9)10/h11-29,31-32,34-35,37-42,44,60,63,65-66H,30,33,36,43H2,1-10H3/i11D,12D,13D,16D,17D,20D,21D,24D,27D. The van der Waals surface area contributed by atoms with Crippen LogP contribution < -0.4 is 0 Å². The first-order chi connectivity index (χ1) is 37.2. The van der Waals surface area contributed by atoms with Gasteiger partial charge < -0.3 is 0 Å². The zero-order valence-electron chi connectivity index (χ0n) is 51.8. The zero-order valence-corrected chi connectivity index (χ0v) is 42.8. The minimum atomic E-state index is -0.398. The van der Waals surface area contributed by atoms with E-state index >= 15 is 0 Å². The van der Waals surface area contributed by atoms with Crippen LogP contribution in [0.4, 0.5) is 0 Å². The molecule has 0 fully saturated rings. The van der Waals surface area contributed by atoms with Gasteiger partial charge in [0.05, 0.1) is 12.3 Å². The molecule has 0 aromatic heterocycles. The maximum Gasteiger partial charge on any atom is 0.0629 e.